The molecule has 0 aliphatic heterocycles. The molecule has 0 spiro atoms. The first-order valence-electron chi connectivity index (χ1n) is 10.9. The van der Waals surface area contributed by atoms with Crippen LogP contribution >= 0.6 is 0 Å². The smallest absolute Gasteiger partial charge is 0.0655 e. The van der Waals surface area contributed by atoms with Crippen LogP contribution in [0.25, 0.3) is 0 Å². The number of hydrazone groups is 1. The molecule has 3 aromatic carbocycles. The predicted octanol–water partition coefficient (Wildman–Crippen LogP) is 6.97. The molecule has 0 aliphatic rings. The summed E-state index contributed by atoms with van der Waals surface area (Å²) >= 11 is 0. The second-order valence-corrected chi connectivity index (χ2v) is 7.57. The molecule has 3 rings (SSSR count). The van der Waals surface area contributed by atoms with E-state index in [1.807, 2.05) is 5.01 Å². The number of nitrogens with zero attached hydrogens (tertiary/aromatic N) is 3. The minimum atomic E-state index is 0.987. The molecular formula is C27H33N3. The standard InChI is InChI=1S/C27H33N3/c1-6-23-11-17-27(18-12-23)30(26-15-9-21(4)10-16-26)28-22(5)24-13-19-25(20-14-24)29(7-2)8-3/h9-20H,6-8H2,1-5H3/b28-22+. The monoisotopic (exact) mass is 399 g/mol. The van der Waals surface area contributed by atoms with Crippen LogP contribution in [0, 0.1) is 6.92 Å². The van der Waals surface area contributed by atoms with Crippen LogP contribution in [0.1, 0.15) is 44.4 Å². The second-order valence-electron chi connectivity index (χ2n) is 7.57. The lowest BCUT2D eigenvalue weighted by Gasteiger charge is -2.22. The third kappa shape index (κ3) is 5.10. The number of benzene rings is 3. The fourth-order valence-electron chi connectivity index (χ4n) is 3.53. The molecule has 3 nitrogen and oxygen atoms in total. The predicted molar refractivity (Wildman–Crippen MR) is 131 cm³/mol. The van der Waals surface area contributed by atoms with Crippen molar-refractivity contribution in [1.29, 1.82) is 0 Å². The van der Waals surface area contributed by atoms with E-state index in [0.717, 1.165) is 42.2 Å². The van der Waals surface area contributed by atoms with Crippen LogP contribution in [0.5, 0.6) is 0 Å². The molecule has 0 fully saturated rings. The third-order valence-electron chi connectivity index (χ3n) is 5.53. The molecule has 0 unspecified atom stereocenters. The molecule has 0 radical (unpaired) electrons. The fourth-order valence-corrected chi connectivity index (χ4v) is 3.53. The van der Waals surface area contributed by atoms with Crippen molar-refractivity contribution in [1.82, 2.24) is 0 Å². The molecule has 0 aromatic heterocycles. The average Bonchev–Trinajstić information content (AvgIpc) is 2.79. The summed E-state index contributed by atoms with van der Waals surface area (Å²) in [7, 11) is 0. The van der Waals surface area contributed by atoms with Gasteiger partial charge in [-0.15, -0.1) is 0 Å². The van der Waals surface area contributed by atoms with Crippen molar-refractivity contribution < 1.29 is 0 Å². The van der Waals surface area contributed by atoms with E-state index in [-0.39, 0.29) is 0 Å². The summed E-state index contributed by atoms with van der Waals surface area (Å²) in [4.78, 5) is 2.35. The maximum atomic E-state index is 5.02. The van der Waals surface area contributed by atoms with Crippen molar-refractivity contribution in [3.63, 3.8) is 0 Å². The van der Waals surface area contributed by atoms with Crippen molar-refractivity contribution in [2.24, 2.45) is 5.10 Å². The molecule has 0 bridgehead atoms. The molecule has 0 heterocycles. The Morgan fingerprint density at radius 2 is 1.20 bits per heavy atom. The topological polar surface area (TPSA) is 18.8 Å². The summed E-state index contributed by atoms with van der Waals surface area (Å²) in [5.41, 5.74) is 8.07. The number of hydrogen-bond donors (Lipinski definition) is 0. The highest BCUT2D eigenvalue weighted by molar-refractivity contribution is 6.00. The molecule has 0 N–H and O–H groups in total. The van der Waals surface area contributed by atoms with Gasteiger partial charge in [0.1, 0.15) is 0 Å². The van der Waals surface area contributed by atoms with Crippen molar-refractivity contribution in [2.45, 2.75) is 41.0 Å². The molecule has 0 amide bonds. The molecule has 0 aliphatic carbocycles. The minimum absolute atomic E-state index is 0.987. The Hall–Kier alpha value is -3.07. The zero-order chi connectivity index (χ0) is 21.5. The molecule has 3 aromatic rings. The summed E-state index contributed by atoms with van der Waals surface area (Å²) in [5, 5.41) is 7.06. The van der Waals surface area contributed by atoms with Crippen LogP contribution in [-0.2, 0) is 6.42 Å². The Morgan fingerprint density at radius 1 is 0.700 bits per heavy atom. The summed E-state index contributed by atoms with van der Waals surface area (Å²) < 4.78 is 0. The van der Waals surface area contributed by atoms with Crippen molar-refractivity contribution in [3.8, 4) is 0 Å². The highest BCUT2D eigenvalue weighted by Crippen LogP contribution is 2.27. The van der Waals surface area contributed by atoms with Crippen molar-refractivity contribution in [3.05, 3.63) is 89.5 Å². The molecule has 30 heavy (non-hydrogen) atoms. The average molecular weight is 400 g/mol. The van der Waals surface area contributed by atoms with E-state index in [1.54, 1.807) is 0 Å². The van der Waals surface area contributed by atoms with Gasteiger partial charge >= 0.3 is 0 Å². The fraction of sp³-hybridized carbons (Fsp3) is 0.296. The van der Waals surface area contributed by atoms with Gasteiger partial charge in [0.2, 0.25) is 0 Å². The first-order valence-corrected chi connectivity index (χ1v) is 10.9. The van der Waals surface area contributed by atoms with Gasteiger partial charge in [0, 0.05) is 18.8 Å². The van der Waals surface area contributed by atoms with Crippen LogP contribution in [0.4, 0.5) is 17.1 Å². The van der Waals surface area contributed by atoms with Crippen molar-refractivity contribution in [2.75, 3.05) is 23.0 Å². The van der Waals surface area contributed by atoms with Crippen LogP contribution < -0.4 is 9.91 Å². The van der Waals surface area contributed by atoms with Crippen LogP contribution in [0.15, 0.2) is 77.9 Å². The van der Waals surface area contributed by atoms with Gasteiger partial charge in [-0.05, 0) is 81.6 Å². The Kier molecular flexibility index (Phi) is 7.29. The largest absolute Gasteiger partial charge is 0.372 e. The highest BCUT2D eigenvalue weighted by atomic mass is 15.5. The van der Waals surface area contributed by atoms with Gasteiger partial charge in [-0.1, -0.05) is 48.9 Å². The first kappa shape index (κ1) is 21.6. The third-order valence-corrected chi connectivity index (χ3v) is 5.53. The summed E-state index contributed by atoms with van der Waals surface area (Å²) in [6.07, 6.45) is 1.03. The maximum absolute atomic E-state index is 5.02. The van der Waals surface area contributed by atoms with E-state index in [1.165, 1.54) is 16.8 Å². The first-order chi connectivity index (χ1) is 14.5. The Bertz CT molecular complexity index is 950. The minimum Gasteiger partial charge on any atom is -0.372 e. The molecular weight excluding hydrogens is 366 g/mol. The lowest BCUT2D eigenvalue weighted by Crippen LogP contribution is -2.21. The second kappa shape index (κ2) is 10.1. The van der Waals surface area contributed by atoms with Gasteiger partial charge in [-0.2, -0.15) is 5.10 Å². The van der Waals surface area contributed by atoms with Gasteiger partial charge < -0.3 is 4.90 Å². The molecule has 0 atom stereocenters. The SMILES string of the molecule is CCc1ccc(N(/N=C(\C)c2ccc(N(CC)CC)cc2)c2ccc(C)cc2)cc1. The number of anilines is 3. The normalized spacial score (nSPS) is 11.4. The van der Waals surface area contributed by atoms with E-state index < -0.39 is 0 Å². The molecule has 3 heteroatoms. The van der Waals surface area contributed by atoms with Crippen LogP contribution in [-0.4, -0.2) is 18.8 Å². The summed E-state index contributed by atoms with van der Waals surface area (Å²) in [5.74, 6) is 0. The van der Waals surface area contributed by atoms with Gasteiger partial charge in [0.25, 0.3) is 0 Å². The zero-order valence-electron chi connectivity index (χ0n) is 18.9. The highest BCUT2D eigenvalue weighted by Gasteiger charge is 2.10. The summed E-state index contributed by atoms with van der Waals surface area (Å²) in [6.45, 7) is 12.8. The number of aryl methyl sites for hydroxylation is 2. The lowest BCUT2D eigenvalue weighted by molar-refractivity contribution is 0.866. The van der Waals surface area contributed by atoms with E-state index >= 15 is 0 Å². The van der Waals surface area contributed by atoms with Crippen molar-refractivity contribution >= 4 is 22.8 Å². The quantitative estimate of drug-likeness (QED) is 0.301. The molecule has 0 saturated carbocycles. The van der Waals surface area contributed by atoms with Gasteiger partial charge in [0.15, 0.2) is 0 Å². The Balaban J connectivity index is 1.96. The van der Waals surface area contributed by atoms with Gasteiger partial charge in [-0.3, -0.25) is 0 Å². The van der Waals surface area contributed by atoms with Gasteiger partial charge in [-0.25, -0.2) is 5.01 Å². The Labute approximate surface area is 181 Å². The molecule has 156 valence electrons. The van der Waals surface area contributed by atoms with Crippen LogP contribution in [0.2, 0.25) is 0 Å². The Morgan fingerprint density at radius 3 is 1.70 bits per heavy atom. The lowest BCUT2D eigenvalue weighted by atomic mass is 10.1. The van der Waals surface area contributed by atoms with Gasteiger partial charge in [0.05, 0.1) is 17.1 Å². The summed E-state index contributed by atoms with van der Waals surface area (Å²) in [6, 6.07) is 25.9. The molecule has 0 saturated heterocycles. The van der Waals surface area contributed by atoms with E-state index in [9.17, 15) is 0 Å². The zero-order valence-corrected chi connectivity index (χ0v) is 18.9. The van der Waals surface area contributed by atoms with E-state index in [0.29, 0.717) is 0 Å². The van der Waals surface area contributed by atoms with Crippen LogP contribution in [0.3, 0.4) is 0 Å². The number of rotatable bonds is 8. The number of hydrogen-bond acceptors (Lipinski definition) is 3. The van der Waals surface area contributed by atoms with E-state index in [4.69, 9.17) is 5.10 Å². The van der Waals surface area contributed by atoms with E-state index in [2.05, 4.69) is 112 Å². The maximum Gasteiger partial charge on any atom is 0.0655 e.